The average molecular weight is 248 g/mol. The van der Waals surface area contributed by atoms with Crippen molar-refractivity contribution in [1.29, 1.82) is 0 Å². The Morgan fingerprint density at radius 1 is 1.00 bits per heavy atom. The molecule has 0 unspecified atom stereocenters. The fraction of sp³-hybridized carbons (Fsp3) is 1.00. The largest absolute Gasteiger partial charge is 0.383 e. The van der Waals surface area contributed by atoms with Crippen LogP contribution < -0.4 is 0 Å². The van der Waals surface area contributed by atoms with E-state index < -0.39 is 19.7 Å². The lowest BCUT2D eigenvalue weighted by atomic mass is 10.7. The Balaban J connectivity index is -0.0000000638. The van der Waals surface area contributed by atoms with E-state index in [1.165, 1.54) is 6.92 Å². The van der Waals surface area contributed by atoms with Gasteiger partial charge in [0.1, 0.15) is 0 Å². The molecule has 0 heterocycles. The zero-order valence-corrected chi connectivity index (χ0v) is 8.68. The number of alkyl halides is 7. The summed E-state index contributed by atoms with van der Waals surface area (Å²) in [7, 11) is 1.25. The van der Waals surface area contributed by atoms with Crippen LogP contribution >= 0.6 is 0 Å². The minimum absolute atomic E-state index is 0.250. The van der Waals surface area contributed by atoms with Gasteiger partial charge < -0.3 is 4.74 Å². The summed E-state index contributed by atoms with van der Waals surface area (Å²) in [5.41, 5.74) is 0. The average Bonchev–Trinajstić information content (AvgIpc) is 2.23. The molecular formula is C7H15F7O. The molecular weight excluding hydrogens is 233 g/mol. The van der Waals surface area contributed by atoms with Crippen LogP contribution in [0.15, 0.2) is 0 Å². The Morgan fingerprint density at radius 2 is 1.20 bits per heavy atom. The van der Waals surface area contributed by atoms with Crippen molar-refractivity contribution in [2.24, 2.45) is 0 Å². The van der Waals surface area contributed by atoms with Gasteiger partial charge in [0.25, 0.3) is 0 Å². The summed E-state index contributed by atoms with van der Waals surface area (Å²) in [6.45, 7) is -2.30. The Bertz CT molecular complexity index is 73.7. The minimum atomic E-state index is -3.58. The third-order valence-corrected chi connectivity index (χ3v) is 0.454. The second kappa shape index (κ2) is 23.4. The summed E-state index contributed by atoms with van der Waals surface area (Å²) in [6.07, 6.45) is -3.58. The van der Waals surface area contributed by atoms with Crippen LogP contribution in [0, 0.1) is 0 Å². The van der Waals surface area contributed by atoms with E-state index in [-0.39, 0.29) is 6.67 Å². The second-order valence-corrected chi connectivity index (χ2v) is 1.34. The maximum atomic E-state index is 11.3. The normalized spacial score (nSPS) is 8.40. The van der Waals surface area contributed by atoms with Crippen molar-refractivity contribution in [3.63, 3.8) is 0 Å². The van der Waals surface area contributed by atoms with Gasteiger partial charge in [-0.25, -0.2) is 13.2 Å². The molecule has 0 aliphatic heterocycles. The van der Waals surface area contributed by atoms with Gasteiger partial charge in [-0.05, 0) is 6.92 Å². The van der Waals surface area contributed by atoms with Crippen molar-refractivity contribution in [1.82, 2.24) is 0 Å². The van der Waals surface area contributed by atoms with E-state index in [0.29, 0.717) is 7.18 Å². The number of ether oxygens (including phenoxy) is 1. The third-order valence-electron chi connectivity index (χ3n) is 0.454. The summed E-state index contributed by atoms with van der Waals surface area (Å²) in [4.78, 5) is 0. The molecule has 0 radical (unpaired) electrons. The third kappa shape index (κ3) is 59.2. The SMILES string of the molecule is CCF.CF.COC(F)(F)CF.FCF. The number of methoxy groups -OCH3 is 1. The van der Waals surface area contributed by atoms with Crippen molar-refractivity contribution in [3.05, 3.63) is 0 Å². The lowest BCUT2D eigenvalue weighted by Crippen LogP contribution is -2.20. The molecule has 0 aliphatic carbocycles. The zero-order chi connectivity index (χ0) is 13.3. The van der Waals surface area contributed by atoms with E-state index in [0.717, 1.165) is 7.11 Å². The molecule has 8 heteroatoms. The Kier molecular flexibility index (Phi) is 37.3. The minimum Gasteiger partial charge on any atom is -0.322 e. The lowest BCUT2D eigenvalue weighted by Gasteiger charge is -2.06. The maximum absolute atomic E-state index is 11.3. The molecule has 1 nitrogen and oxygen atoms in total. The van der Waals surface area contributed by atoms with Crippen LogP contribution in [-0.4, -0.2) is 40.7 Å². The molecule has 0 bridgehead atoms. The lowest BCUT2D eigenvalue weighted by molar-refractivity contribution is -0.229. The standard InChI is InChI=1S/C3H5F3O.C2H5F.CH2F2.CH3F/c1-7-3(5,6)2-4;1-2-3;2-1-3;1-2/h2H2,1H3;2H2,1H3;1H2;1H3. The van der Waals surface area contributed by atoms with Crippen molar-refractivity contribution in [3.8, 4) is 0 Å². The number of hydrogen-bond donors (Lipinski definition) is 0. The van der Waals surface area contributed by atoms with E-state index in [4.69, 9.17) is 0 Å². The molecule has 0 spiro atoms. The van der Waals surface area contributed by atoms with E-state index in [9.17, 15) is 30.7 Å². The highest BCUT2D eigenvalue weighted by atomic mass is 19.3. The fourth-order valence-corrected chi connectivity index (χ4v) is 0.0546. The first kappa shape index (κ1) is 24.0. The van der Waals surface area contributed by atoms with E-state index in [1.54, 1.807) is 0 Å². The number of rotatable bonds is 2. The van der Waals surface area contributed by atoms with Gasteiger partial charge in [0.15, 0.2) is 6.67 Å². The highest BCUT2D eigenvalue weighted by molar-refractivity contribution is 4.43. The molecule has 0 aromatic rings. The molecule has 15 heavy (non-hydrogen) atoms. The van der Waals surface area contributed by atoms with E-state index >= 15 is 0 Å². The van der Waals surface area contributed by atoms with Crippen LogP contribution in [0.1, 0.15) is 6.92 Å². The van der Waals surface area contributed by atoms with Crippen molar-refractivity contribution in [2.75, 3.05) is 34.6 Å². The summed E-state index contributed by atoms with van der Waals surface area (Å²) >= 11 is 0. The maximum Gasteiger partial charge on any atom is 0.383 e. The predicted molar refractivity (Wildman–Crippen MR) is 43.7 cm³/mol. The van der Waals surface area contributed by atoms with Gasteiger partial charge in [0.2, 0.25) is 6.93 Å². The predicted octanol–water partition coefficient (Wildman–Crippen LogP) is 3.64. The molecule has 0 atom stereocenters. The van der Waals surface area contributed by atoms with Crippen molar-refractivity contribution < 1.29 is 35.5 Å². The topological polar surface area (TPSA) is 9.23 Å². The van der Waals surface area contributed by atoms with Gasteiger partial charge in [-0.1, -0.05) is 0 Å². The van der Waals surface area contributed by atoms with Crippen molar-refractivity contribution in [2.45, 2.75) is 13.0 Å². The van der Waals surface area contributed by atoms with E-state index in [2.05, 4.69) is 4.74 Å². The molecule has 0 amide bonds. The Morgan fingerprint density at radius 3 is 1.20 bits per heavy atom. The van der Waals surface area contributed by atoms with Gasteiger partial charge in [0.05, 0.1) is 13.9 Å². The van der Waals surface area contributed by atoms with Crippen molar-refractivity contribution >= 4 is 0 Å². The first-order chi connectivity index (χ1) is 6.95. The van der Waals surface area contributed by atoms with Gasteiger partial charge in [0, 0.05) is 7.11 Å². The molecule has 0 saturated heterocycles. The summed E-state index contributed by atoms with van der Waals surface area (Å²) in [5.74, 6) is 0. The van der Waals surface area contributed by atoms with Crippen LogP contribution in [-0.2, 0) is 4.74 Å². The van der Waals surface area contributed by atoms with Gasteiger partial charge in [-0.2, -0.15) is 8.78 Å². The molecule has 0 saturated carbocycles. The smallest absolute Gasteiger partial charge is 0.322 e. The van der Waals surface area contributed by atoms with Gasteiger partial charge >= 0.3 is 6.11 Å². The summed E-state index contributed by atoms with van der Waals surface area (Å²) in [6, 6.07) is 0. The molecule has 0 aromatic carbocycles. The highest BCUT2D eigenvalue weighted by Crippen LogP contribution is 2.12. The van der Waals surface area contributed by atoms with Gasteiger partial charge in [-0.3, -0.25) is 8.78 Å². The summed E-state index contributed by atoms with van der Waals surface area (Å²) < 4.78 is 75.9. The second-order valence-electron chi connectivity index (χ2n) is 1.34. The molecule has 98 valence electrons. The van der Waals surface area contributed by atoms with Crippen LogP contribution in [0.4, 0.5) is 30.7 Å². The Labute approximate surface area is 84.2 Å². The van der Waals surface area contributed by atoms with Crippen LogP contribution in [0.25, 0.3) is 0 Å². The molecule has 0 fully saturated rings. The zero-order valence-electron chi connectivity index (χ0n) is 8.68. The van der Waals surface area contributed by atoms with E-state index in [1.807, 2.05) is 0 Å². The van der Waals surface area contributed by atoms with Crippen LogP contribution in [0.5, 0.6) is 0 Å². The fourth-order valence-electron chi connectivity index (χ4n) is 0.0546. The number of halogens is 7. The quantitative estimate of drug-likeness (QED) is 0.678. The molecule has 0 aliphatic rings. The number of hydrogen-bond acceptors (Lipinski definition) is 1. The van der Waals surface area contributed by atoms with Crippen LogP contribution in [0.3, 0.4) is 0 Å². The first-order valence-electron chi connectivity index (χ1n) is 3.50. The first-order valence-corrected chi connectivity index (χ1v) is 3.50. The molecule has 0 N–H and O–H groups in total. The Hall–Kier alpha value is -0.530. The molecule has 0 aromatic heterocycles. The summed E-state index contributed by atoms with van der Waals surface area (Å²) in [5, 5.41) is 0. The monoisotopic (exact) mass is 248 g/mol. The highest BCUT2D eigenvalue weighted by Gasteiger charge is 2.27. The molecule has 0 rings (SSSR count). The van der Waals surface area contributed by atoms with Crippen LogP contribution in [0.2, 0.25) is 0 Å². The van der Waals surface area contributed by atoms with Gasteiger partial charge in [-0.15, -0.1) is 0 Å².